The van der Waals surface area contributed by atoms with Gasteiger partial charge in [0.15, 0.2) is 5.82 Å². The zero-order chi connectivity index (χ0) is 11.7. The molecule has 0 radical (unpaired) electrons. The third-order valence-corrected chi connectivity index (χ3v) is 2.93. The highest BCUT2D eigenvalue weighted by Gasteiger charge is 2.33. The molecule has 0 aliphatic heterocycles. The van der Waals surface area contributed by atoms with Crippen LogP contribution in [-0.2, 0) is 4.79 Å². The molecule has 0 amide bonds. The van der Waals surface area contributed by atoms with Crippen molar-refractivity contribution in [1.29, 1.82) is 0 Å². The normalized spacial score (nSPS) is 17.7. The predicted molar refractivity (Wildman–Crippen MR) is 55.9 cm³/mol. The van der Waals surface area contributed by atoms with Crippen molar-refractivity contribution in [2.24, 2.45) is 5.92 Å². The standard InChI is InChI=1S/C10H16N4O2/c1-6(2)8(5-9(15)16)14-10(7-3-4-7)11-12-13-14/h6-8H,3-5H2,1-2H3,(H,15,16). The number of rotatable bonds is 5. The first-order chi connectivity index (χ1) is 7.59. The number of nitrogens with zero attached hydrogens (tertiary/aromatic N) is 4. The van der Waals surface area contributed by atoms with Gasteiger partial charge in [0.05, 0.1) is 12.5 Å². The Hall–Kier alpha value is -1.46. The Morgan fingerprint density at radius 3 is 2.75 bits per heavy atom. The second kappa shape index (κ2) is 4.19. The molecule has 0 spiro atoms. The van der Waals surface area contributed by atoms with Crippen LogP contribution >= 0.6 is 0 Å². The minimum atomic E-state index is -0.809. The second-order valence-electron chi connectivity index (χ2n) is 4.67. The van der Waals surface area contributed by atoms with E-state index >= 15 is 0 Å². The minimum absolute atomic E-state index is 0.0719. The Kier molecular flexibility index (Phi) is 2.89. The molecule has 88 valence electrons. The van der Waals surface area contributed by atoms with E-state index < -0.39 is 5.97 Å². The highest BCUT2D eigenvalue weighted by Crippen LogP contribution is 2.40. The van der Waals surface area contributed by atoms with Crippen LogP contribution in [-0.4, -0.2) is 31.3 Å². The maximum atomic E-state index is 10.8. The fourth-order valence-electron chi connectivity index (χ4n) is 1.83. The minimum Gasteiger partial charge on any atom is -0.481 e. The molecular weight excluding hydrogens is 208 g/mol. The first-order valence-electron chi connectivity index (χ1n) is 5.59. The van der Waals surface area contributed by atoms with E-state index in [1.54, 1.807) is 4.68 Å². The number of carbonyl (C=O) groups is 1. The molecule has 2 rings (SSSR count). The number of aliphatic carboxylic acids is 1. The smallest absolute Gasteiger partial charge is 0.305 e. The van der Waals surface area contributed by atoms with Crippen molar-refractivity contribution in [3.63, 3.8) is 0 Å². The van der Waals surface area contributed by atoms with Crippen molar-refractivity contribution in [1.82, 2.24) is 20.2 Å². The first-order valence-corrected chi connectivity index (χ1v) is 5.59. The van der Waals surface area contributed by atoms with Gasteiger partial charge in [-0.1, -0.05) is 13.8 Å². The number of hydrogen-bond donors (Lipinski definition) is 1. The zero-order valence-corrected chi connectivity index (χ0v) is 9.50. The first kappa shape index (κ1) is 11.0. The molecule has 1 aliphatic carbocycles. The summed E-state index contributed by atoms with van der Waals surface area (Å²) in [6.45, 7) is 3.98. The van der Waals surface area contributed by atoms with Gasteiger partial charge in [0.2, 0.25) is 0 Å². The van der Waals surface area contributed by atoms with Gasteiger partial charge in [-0.2, -0.15) is 0 Å². The lowest BCUT2D eigenvalue weighted by Crippen LogP contribution is -2.22. The van der Waals surface area contributed by atoms with E-state index in [0.29, 0.717) is 5.92 Å². The van der Waals surface area contributed by atoms with E-state index in [4.69, 9.17) is 5.11 Å². The van der Waals surface area contributed by atoms with Crippen molar-refractivity contribution >= 4 is 5.97 Å². The lowest BCUT2D eigenvalue weighted by molar-refractivity contribution is -0.138. The maximum absolute atomic E-state index is 10.8. The van der Waals surface area contributed by atoms with Gasteiger partial charge < -0.3 is 5.11 Å². The van der Waals surface area contributed by atoms with Crippen molar-refractivity contribution in [3.8, 4) is 0 Å². The monoisotopic (exact) mass is 224 g/mol. The lowest BCUT2D eigenvalue weighted by Gasteiger charge is -2.19. The van der Waals surface area contributed by atoms with Crippen LogP contribution in [0.3, 0.4) is 0 Å². The lowest BCUT2D eigenvalue weighted by atomic mass is 10.0. The van der Waals surface area contributed by atoms with E-state index in [9.17, 15) is 4.79 Å². The summed E-state index contributed by atoms with van der Waals surface area (Å²) in [7, 11) is 0. The average Bonchev–Trinajstić information content (AvgIpc) is 2.93. The highest BCUT2D eigenvalue weighted by molar-refractivity contribution is 5.67. The van der Waals surface area contributed by atoms with E-state index in [-0.39, 0.29) is 18.4 Å². The number of tetrazole rings is 1. The molecule has 1 heterocycles. The Labute approximate surface area is 93.6 Å². The van der Waals surface area contributed by atoms with Crippen LogP contribution in [0.1, 0.15) is 50.9 Å². The van der Waals surface area contributed by atoms with E-state index in [1.807, 2.05) is 13.8 Å². The quantitative estimate of drug-likeness (QED) is 0.813. The molecule has 16 heavy (non-hydrogen) atoms. The third-order valence-electron chi connectivity index (χ3n) is 2.93. The number of carboxylic acid groups (broad SMARTS) is 1. The zero-order valence-electron chi connectivity index (χ0n) is 9.50. The molecular formula is C10H16N4O2. The highest BCUT2D eigenvalue weighted by atomic mass is 16.4. The summed E-state index contributed by atoms with van der Waals surface area (Å²) in [6.07, 6.45) is 2.29. The van der Waals surface area contributed by atoms with E-state index in [2.05, 4.69) is 15.5 Å². The molecule has 1 aliphatic rings. The molecule has 1 N–H and O–H groups in total. The Bertz CT molecular complexity index is 384. The summed E-state index contributed by atoms with van der Waals surface area (Å²) in [6, 6.07) is -0.150. The van der Waals surface area contributed by atoms with Crippen molar-refractivity contribution in [2.45, 2.75) is 45.1 Å². The summed E-state index contributed by atoms with van der Waals surface area (Å²) in [4.78, 5) is 10.8. The molecule has 1 aromatic rings. The van der Waals surface area contributed by atoms with Crippen molar-refractivity contribution in [2.75, 3.05) is 0 Å². The van der Waals surface area contributed by atoms with Crippen molar-refractivity contribution in [3.05, 3.63) is 5.82 Å². The fourth-order valence-corrected chi connectivity index (χ4v) is 1.83. The number of carboxylic acids is 1. The SMILES string of the molecule is CC(C)C(CC(=O)O)n1nnnc1C1CC1. The molecule has 6 nitrogen and oxygen atoms in total. The Balaban J connectivity index is 2.23. The third kappa shape index (κ3) is 2.20. The molecule has 0 bridgehead atoms. The molecule has 6 heteroatoms. The van der Waals surface area contributed by atoms with Gasteiger partial charge in [0, 0.05) is 5.92 Å². The number of aromatic nitrogens is 4. The van der Waals surface area contributed by atoms with Crippen LogP contribution in [0.4, 0.5) is 0 Å². The van der Waals surface area contributed by atoms with Gasteiger partial charge >= 0.3 is 5.97 Å². The summed E-state index contributed by atoms with van der Waals surface area (Å²) in [5, 5.41) is 20.5. The van der Waals surface area contributed by atoms with Crippen LogP contribution in [0.5, 0.6) is 0 Å². The molecule has 0 saturated heterocycles. The molecule has 1 fully saturated rings. The summed E-state index contributed by atoms with van der Waals surface area (Å²) in [5.74, 6) is 0.679. The number of hydrogen-bond acceptors (Lipinski definition) is 4. The summed E-state index contributed by atoms with van der Waals surface area (Å²) >= 11 is 0. The van der Waals surface area contributed by atoms with Gasteiger partial charge in [-0.25, -0.2) is 4.68 Å². The van der Waals surface area contributed by atoms with Gasteiger partial charge in [0.25, 0.3) is 0 Å². The van der Waals surface area contributed by atoms with Crippen LogP contribution in [0.25, 0.3) is 0 Å². The van der Waals surface area contributed by atoms with Gasteiger partial charge in [0.1, 0.15) is 0 Å². The second-order valence-corrected chi connectivity index (χ2v) is 4.67. The van der Waals surface area contributed by atoms with Crippen molar-refractivity contribution < 1.29 is 9.90 Å². The Morgan fingerprint density at radius 2 is 2.25 bits per heavy atom. The summed E-state index contributed by atoms with van der Waals surface area (Å²) in [5.41, 5.74) is 0. The molecule has 1 unspecified atom stereocenters. The average molecular weight is 224 g/mol. The van der Waals surface area contributed by atoms with Crippen LogP contribution < -0.4 is 0 Å². The largest absolute Gasteiger partial charge is 0.481 e. The predicted octanol–water partition coefficient (Wildman–Crippen LogP) is 1.22. The van der Waals surface area contributed by atoms with E-state index in [1.165, 1.54) is 0 Å². The van der Waals surface area contributed by atoms with Crippen LogP contribution in [0, 0.1) is 5.92 Å². The van der Waals surface area contributed by atoms with Gasteiger partial charge in [-0.3, -0.25) is 4.79 Å². The topological polar surface area (TPSA) is 80.9 Å². The van der Waals surface area contributed by atoms with Gasteiger partial charge in [-0.05, 0) is 29.2 Å². The molecule has 1 aromatic heterocycles. The molecule has 1 saturated carbocycles. The summed E-state index contributed by atoms with van der Waals surface area (Å²) < 4.78 is 1.70. The Morgan fingerprint density at radius 1 is 1.56 bits per heavy atom. The van der Waals surface area contributed by atoms with E-state index in [0.717, 1.165) is 18.7 Å². The molecule has 1 atom stereocenters. The fraction of sp³-hybridized carbons (Fsp3) is 0.800. The van der Waals surface area contributed by atoms with Crippen LogP contribution in [0.2, 0.25) is 0 Å². The maximum Gasteiger partial charge on any atom is 0.305 e. The van der Waals surface area contributed by atoms with Crippen LogP contribution in [0.15, 0.2) is 0 Å². The van der Waals surface area contributed by atoms with Gasteiger partial charge in [-0.15, -0.1) is 5.10 Å². The molecule has 0 aromatic carbocycles.